The van der Waals surface area contributed by atoms with Crippen LogP contribution in [-0.2, 0) is 9.53 Å². The van der Waals surface area contributed by atoms with Gasteiger partial charge < -0.3 is 4.74 Å². The first-order valence-electron chi connectivity index (χ1n) is 8.08. The smallest absolute Gasteiger partial charge is 0.337 e. The third-order valence-corrected chi connectivity index (χ3v) is 5.24. The zero-order valence-electron chi connectivity index (χ0n) is 14.3. The number of rotatable bonds is 11. The van der Waals surface area contributed by atoms with Crippen LogP contribution in [0.3, 0.4) is 0 Å². The zero-order chi connectivity index (χ0) is 16.1. The molecular weight excluding hydrogens is 276 g/mol. The maximum Gasteiger partial charge on any atom is 0.337 e. The van der Waals surface area contributed by atoms with E-state index >= 15 is 0 Å². The summed E-state index contributed by atoms with van der Waals surface area (Å²) in [5, 5.41) is 0.759. The van der Waals surface area contributed by atoms with E-state index in [0.29, 0.717) is 0 Å². The number of allylic oxidation sites excluding steroid dienone is 1. The van der Waals surface area contributed by atoms with Crippen LogP contribution in [-0.4, -0.2) is 21.2 Å². The van der Waals surface area contributed by atoms with Crippen LogP contribution in [0.25, 0.3) is 0 Å². The molecule has 0 saturated heterocycles. The second-order valence-corrected chi connectivity index (χ2v) is 11.5. The molecule has 0 aromatic rings. The Morgan fingerprint density at radius 2 is 1.57 bits per heavy atom. The van der Waals surface area contributed by atoms with E-state index in [-0.39, 0.29) is 5.97 Å². The van der Waals surface area contributed by atoms with E-state index in [1.165, 1.54) is 45.6 Å². The Balaban J connectivity index is 4.03. The highest BCUT2D eigenvalue weighted by Crippen LogP contribution is 2.15. The lowest BCUT2D eigenvalue weighted by Gasteiger charge is -2.15. The van der Waals surface area contributed by atoms with Gasteiger partial charge in [0, 0.05) is 0 Å². The van der Waals surface area contributed by atoms with Crippen molar-refractivity contribution in [3.63, 3.8) is 0 Å². The summed E-state index contributed by atoms with van der Waals surface area (Å²) in [6, 6.07) is 0. The van der Waals surface area contributed by atoms with Crippen LogP contribution in [0.1, 0.15) is 51.4 Å². The fourth-order valence-electron chi connectivity index (χ4n) is 2.10. The highest BCUT2D eigenvalue weighted by atomic mass is 28.3. The Bertz CT molecular complexity index is 371. The van der Waals surface area contributed by atoms with Gasteiger partial charge in [-0.1, -0.05) is 51.4 Å². The molecular formula is C18H32O2Si. The third-order valence-electron chi connectivity index (χ3n) is 3.39. The van der Waals surface area contributed by atoms with Crippen LogP contribution in [0.4, 0.5) is 0 Å². The van der Waals surface area contributed by atoms with Gasteiger partial charge in [-0.15, -0.1) is 12.3 Å². The number of hydrogen-bond donors (Lipinski definition) is 0. The Hall–Kier alpha value is -1.05. The van der Waals surface area contributed by atoms with E-state index in [1.54, 1.807) is 0 Å². The highest BCUT2D eigenvalue weighted by Gasteiger charge is 2.26. The van der Waals surface area contributed by atoms with Crippen molar-refractivity contribution < 1.29 is 9.53 Å². The number of ether oxygens (including phenoxy) is 1. The maximum atomic E-state index is 11.7. The summed E-state index contributed by atoms with van der Waals surface area (Å²) >= 11 is 0. The summed E-state index contributed by atoms with van der Waals surface area (Å²) in [5.41, 5.74) is 3.20. The third kappa shape index (κ3) is 10.3. The fourth-order valence-corrected chi connectivity index (χ4v) is 3.35. The predicted molar refractivity (Wildman–Crippen MR) is 94.1 cm³/mol. The van der Waals surface area contributed by atoms with Crippen LogP contribution in [0.5, 0.6) is 0 Å². The predicted octanol–water partition coefficient (Wildman–Crippen LogP) is 5.43. The first kappa shape index (κ1) is 19.9. The van der Waals surface area contributed by atoms with Crippen molar-refractivity contribution in [2.24, 2.45) is 0 Å². The minimum atomic E-state index is -1.67. The molecule has 0 spiro atoms. The SMILES string of the molecule is C=CCCCCCCCCC=C=C(C(=O)OC)[Si](C)(C)C. The number of unbranched alkanes of at least 4 members (excludes halogenated alkanes) is 7. The first-order valence-corrected chi connectivity index (χ1v) is 11.6. The van der Waals surface area contributed by atoms with Gasteiger partial charge in [0.1, 0.15) is 0 Å². The molecule has 0 amide bonds. The van der Waals surface area contributed by atoms with Crippen molar-refractivity contribution in [3.8, 4) is 0 Å². The number of carbonyl (C=O) groups excluding carboxylic acids is 1. The Labute approximate surface area is 132 Å². The van der Waals surface area contributed by atoms with Gasteiger partial charge in [0.05, 0.1) is 20.4 Å². The topological polar surface area (TPSA) is 26.3 Å². The lowest BCUT2D eigenvalue weighted by molar-refractivity contribution is -0.135. The van der Waals surface area contributed by atoms with Gasteiger partial charge in [0.15, 0.2) is 0 Å². The summed E-state index contributed by atoms with van der Waals surface area (Å²) in [4.78, 5) is 11.7. The van der Waals surface area contributed by atoms with E-state index in [0.717, 1.165) is 18.0 Å². The monoisotopic (exact) mass is 308 g/mol. The van der Waals surface area contributed by atoms with E-state index in [9.17, 15) is 4.79 Å². The van der Waals surface area contributed by atoms with Crippen LogP contribution < -0.4 is 0 Å². The second kappa shape index (κ2) is 11.6. The van der Waals surface area contributed by atoms with Gasteiger partial charge in [-0.3, -0.25) is 0 Å². The first-order chi connectivity index (χ1) is 9.93. The lowest BCUT2D eigenvalue weighted by atomic mass is 10.1. The van der Waals surface area contributed by atoms with Crippen molar-refractivity contribution in [1.29, 1.82) is 0 Å². The number of esters is 1. The molecule has 0 rings (SSSR count). The molecule has 0 aliphatic heterocycles. The average Bonchev–Trinajstić information content (AvgIpc) is 2.42. The van der Waals surface area contributed by atoms with Gasteiger partial charge in [-0.05, 0) is 31.8 Å². The van der Waals surface area contributed by atoms with Crippen LogP contribution >= 0.6 is 0 Å². The molecule has 0 aromatic carbocycles. The molecule has 0 saturated carbocycles. The Morgan fingerprint density at radius 1 is 1.05 bits per heavy atom. The molecule has 120 valence electrons. The van der Waals surface area contributed by atoms with Crippen LogP contribution in [0.2, 0.25) is 19.6 Å². The second-order valence-electron chi connectivity index (χ2n) is 6.45. The normalized spacial score (nSPS) is 10.7. The molecule has 0 N–H and O–H groups in total. The minimum absolute atomic E-state index is 0.215. The molecule has 3 heteroatoms. The molecule has 0 heterocycles. The summed E-state index contributed by atoms with van der Waals surface area (Å²) in [7, 11) is -0.232. The van der Waals surface area contributed by atoms with Gasteiger partial charge in [0.25, 0.3) is 0 Å². The molecule has 0 fully saturated rings. The van der Waals surface area contributed by atoms with Gasteiger partial charge >= 0.3 is 5.97 Å². The van der Waals surface area contributed by atoms with Crippen LogP contribution in [0.15, 0.2) is 29.7 Å². The fraction of sp³-hybridized carbons (Fsp3) is 0.667. The summed E-state index contributed by atoms with van der Waals surface area (Å²) < 4.78 is 4.85. The van der Waals surface area contributed by atoms with E-state index in [2.05, 4.69) is 32.0 Å². The maximum absolute atomic E-state index is 11.7. The van der Waals surface area contributed by atoms with Crippen molar-refractivity contribution in [1.82, 2.24) is 0 Å². The molecule has 0 aliphatic rings. The largest absolute Gasteiger partial charge is 0.465 e. The number of hydrogen-bond acceptors (Lipinski definition) is 2. The van der Waals surface area contributed by atoms with Crippen LogP contribution in [0, 0.1) is 0 Å². The summed E-state index contributed by atoms with van der Waals surface area (Å²) in [6.07, 6.45) is 13.8. The minimum Gasteiger partial charge on any atom is -0.465 e. The summed E-state index contributed by atoms with van der Waals surface area (Å²) in [5.74, 6) is -0.215. The van der Waals surface area contributed by atoms with Crippen molar-refractivity contribution >= 4 is 14.0 Å². The number of carbonyl (C=O) groups is 1. The van der Waals surface area contributed by atoms with Crippen molar-refractivity contribution in [3.05, 3.63) is 29.7 Å². The lowest BCUT2D eigenvalue weighted by Crippen LogP contribution is -2.29. The molecule has 0 radical (unpaired) electrons. The molecule has 0 atom stereocenters. The molecule has 21 heavy (non-hydrogen) atoms. The molecule has 0 bridgehead atoms. The van der Waals surface area contributed by atoms with Gasteiger partial charge in [0.2, 0.25) is 0 Å². The Kier molecular flexibility index (Phi) is 11.0. The van der Waals surface area contributed by atoms with Gasteiger partial charge in [-0.2, -0.15) is 0 Å². The molecule has 0 aliphatic carbocycles. The van der Waals surface area contributed by atoms with Crippen molar-refractivity contribution in [2.75, 3.05) is 7.11 Å². The highest BCUT2D eigenvalue weighted by molar-refractivity contribution is 6.86. The quantitative estimate of drug-likeness (QED) is 0.127. The van der Waals surface area contributed by atoms with E-state index in [4.69, 9.17) is 4.74 Å². The molecule has 0 unspecified atom stereocenters. The molecule has 0 aromatic heterocycles. The number of methoxy groups -OCH3 is 1. The van der Waals surface area contributed by atoms with Crippen molar-refractivity contribution in [2.45, 2.75) is 71.0 Å². The Morgan fingerprint density at radius 3 is 2.05 bits per heavy atom. The summed E-state index contributed by atoms with van der Waals surface area (Å²) in [6.45, 7) is 10.2. The molecule has 2 nitrogen and oxygen atoms in total. The van der Waals surface area contributed by atoms with Gasteiger partial charge in [-0.25, -0.2) is 4.79 Å². The average molecular weight is 309 g/mol. The van der Waals surface area contributed by atoms with E-state index < -0.39 is 8.07 Å². The standard InChI is InChI=1S/C18H32O2Si/c1-6-7-8-9-10-11-12-13-14-15-16-17(18(19)20-2)21(3,4)5/h6,15H,1,7-14H2,2-5H3. The van der Waals surface area contributed by atoms with E-state index in [1.807, 2.05) is 12.2 Å². The zero-order valence-corrected chi connectivity index (χ0v) is 15.3.